The molecule has 27 heavy (non-hydrogen) atoms. The van der Waals surface area contributed by atoms with Crippen molar-refractivity contribution in [3.05, 3.63) is 72.1 Å². The number of nitrogens with one attached hydrogen (secondary N) is 1. The van der Waals surface area contributed by atoms with E-state index >= 15 is 0 Å². The molecular formula is C22H25N3O2. The van der Waals surface area contributed by atoms with Gasteiger partial charge in [-0.1, -0.05) is 36.9 Å². The first-order valence-corrected chi connectivity index (χ1v) is 9.12. The highest BCUT2D eigenvalue weighted by Gasteiger charge is 2.11. The lowest BCUT2D eigenvalue weighted by atomic mass is 10.2. The Morgan fingerprint density at radius 1 is 1.19 bits per heavy atom. The number of carbonyl (C=O) groups is 1. The van der Waals surface area contributed by atoms with Crippen LogP contribution in [0.5, 0.6) is 5.75 Å². The standard InChI is InChI=1S/C22H25N3O2/c1-16(2)22(26)23-13-12-21-24-18-9-5-6-10-19(18)25(21)14-15-27-20-11-7-4-8-17(20)3/h4-11H,1,12-15H2,2-3H3,(H,23,26). The van der Waals surface area contributed by atoms with Crippen LogP contribution in [0.25, 0.3) is 11.0 Å². The van der Waals surface area contributed by atoms with E-state index in [0.29, 0.717) is 31.7 Å². The second-order valence-electron chi connectivity index (χ2n) is 6.57. The lowest BCUT2D eigenvalue weighted by molar-refractivity contribution is -0.117. The van der Waals surface area contributed by atoms with E-state index in [1.165, 1.54) is 0 Å². The Bertz CT molecular complexity index is 959. The van der Waals surface area contributed by atoms with Gasteiger partial charge in [-0.2, -0.15) is 0 Å². The van der Waals surface area contributed by atoms with Crippen molar-refractivity contribution in [1.82, 2.24) is 14.9 Å². The molecule has 0 bridgehead atoms. The maximum atomic E-state index is 11.7. The Morgan fingerprint density at radius 3 is 2.70 bits per heavy atom. The summed E-state index contributed by atoms with van der Waals surface area (Å²) < 4.78 is 8.13. The molecule has 2 aromatic carbocycles. The van der Waals surface area contributed by atoms with Gasteiger partial charge in [0.25, 0.3) is 0 Å². The predicted molar refractivity (Wildman–Crippen MR) is 108 cm³/mol. The number of benzene rings is 2. The van der Waals surface area contributed by atoms with Crippen LogP contribution in [-0.2, 0) is 17.8 Å². The Morgan fingerprint density at radius 2 is 1.93 bits per heavy atom. The van der Waals surface area contributed by atoms with Crippen LogP contribution >= 0.6 is 0 Å². The first-order chi connectivity index (χ1) is 13.1. The molecule has 5 nitrogen and oxygen atoms in total. The van der Waals surface area contributed by atoms with E-state index in [-0.39, 0.29) is 5.91 Å². The highest BCUT2D eigenvalue weighted by Crippen LogP contribution is 2.18. The number of aromatic nitrogens is 2. The van der Waals surface area contributed by atoms with Crippen LogP contribution in [0, 0.1) is 6.92 Å². The Hall–Kier alpha value is -3.08. The van der Waals surface area contributed by atoms with Gasteiger partial charge in [-0.3, -0.25) is 4.79 Å². The van der Waals surface area contributed by atoms with E-state index in [2.05, 4.69) is 22.5 Å². The average Bonchev–Trinajstić information content (AvgIpc) is 3.01. The van der Waals surface area contributed by atoms with E-state index in [0.717, 1.165) is 28.2 Å². The van der Waals surface area contributed by atoms with Crippen molar-refractivity contribution in [3.63, 3.8) is 0 Å². The number of carbonyl (C=O) groups excluding carboxylic acids is 1. The molecule has 0 saturated carbocycles. The number of hydrogen-bond donors (Lipinski definition) is 1. The minimum absolute atomic E-state index is 0.124. The van der Waals surface area contributed by atoms with E-state index in [1.54, 1.807) is 6.92 Å². The maximum absolute atomic E-state index is 11.7. The predicted octanol–water partition coefficient (Wildman–Crippen LogP) is 3.66. The van der Waals surface area contributed by atoms with Crippen molar-refractivity contribution in [2.75, 3.05) is 13.2 Å². The zero-order valence-corrected chi connectivity index (χ0v) is 15.9. The van der Waals surface area contributed by atoms with Gasteiger partial charge in [-0.15, -0.1) is 0 Å². The normalized spacial score (nSPS) is 10.7. The van der Waals surface area contributed by atoms with Crippen LogP contribution in [0.15, 0.2) is 60.7 Å². The fourth-order valence-corrected chi connectivity index (χ4v) is 2.97. The van der Waals surface area contributed by atoms with Gasteiger partial charge in [-0.25, -0.2) is 4.98 Å². The largest absolute Gasteiger partial charge is 0.491 e. The summed E-state index contributed by atoms with van der Waals surface area (Å²) in [5, 5.41) is 2.87. The molecule has 3 rings (SSSR count). The van der Waals surface area contributed by atoms with Gasteiger partial charge in [0.15, 0.2) is 0 Å². The minimum Gasteiger partial charge on any atom is -0.491 e. The fraction of sp³-hybridized carbons (Fsp3) is 0.273. The highest BCUT2D eigenvalue weighted by molar-refractivity contribution is 5.92. The lowest BCUT2D eigenvalue weighted by Crippen LogP contribution is -2.27. The molecule has 0 unspecified atom stereocenters. The Balaban J connectivity index is 1.71. The molecule has 0 radical (unpaired) electrons. The third-order valence-corrected chi connectivity index (χ3v) is 4.42. The summed E-state index contributed by atoms with van der Waals surface area (Å²) in [5.74, 6) is 1.71. The molecule has 0 aliphatic heterocycles. The Kier molecular flexibility index (Phi) is 5.91. The first kappa shape index (κ1) is 18.7. The number of hydrogen-bond acceptors (Lipinski definition) is 3. The summed E-state index contributed by atoms with van der Waals surface area (Å²) in [5.41, 5.74) is 3.66. The van der Waals surface area contributed by atoms with Gasteiger partial charge in [0, 0.05) is 18.5 Å². The third kappa shape index (κ3) is 4.56. The average molecular weight is 363 g/mol. The van der Waals surface area contributed by atoms with Crippen LogP contribution in [0.3, 0.4) is 0 Å². The topological polar surface area (TPSA) is 56.2 Å². The van der Waals surface area contributed by atoms with Crippen LogP contribution in [0.2, 0.25) is 0 Å². The van der Waals surface area contributed by atoms with Crippen molar-refractivity contribution in [2.45, 2.75) is 26.8 Å². The van der Waals surface area contributed by atoms with Crippen molar-refractivity contribution in [2.24, 2.45) is 0 Å². The molecule has 5 heteroatoms. The molecule has 140 valence electrons. The Labute approximate surface area is 159 Å². The SMILES string of the molecule is C=C(C)C(=O)NCCc1nc2ccccc2n1CCOc1ccccc1C. The zero-order valence-electron chi connectivity index (χ0n) is 15.9. The van der Waals surface area contributed by atoms with Crippen LogP contribution in [-0.4, -0.2) is 28.6 Å². The van der Waals surface area contributed by atoms with E-state index in [9.17, 15) is 4.79 Å². The van der Waals surface area contributed by atoms with Gasteiger partial charge in [-0.05, 0) is 37.6 Å². The van der Waals surface area contributed by atoms with Gasteiger partial charge >= 0.3 is 0 Å². The van der Waals surface area contributed by atoms with Crippen molar-refractivity contribution < 1.29 is 9.53 Å². The zero-order chi connectivity index (χ0) is 19.2. The van der Waals surface area contributed by atoms with Crippen LogP contribution in [0.1, 0.15) is 18.3 Å². The molecule has 0 spiro atoms. The van der Waals surface area contributed by atoms with E-state index in [1.807, 2.05) is 49.4 Å². The van der Waals surface area contributed by atoms with Crippen LogP contribution in [0.4, 0.5) is 0 Å². The van der Waals surface area contributed by atoms with Crippen molar-refractivity contribution >= 4 is 16.9 Å². The summed E-state index contributed by atoms with van der Waals surface area (Å²) in [6, 6.07) is 16.1. The summed E-state index contributed by atoms with van der Waals surface area (Å²) in [4.78, 5) is 16.4. The summed E-state index contributed by atoms with van der Waals surface area (Å²) in [6.07, 6.45) is 0.651. The highest BCUT2D eigenvalue weighted by atomic mass is 16.5. The number of para-hydroxylation sites is 3. The monoisotopic (exact) mass is 363 g/mol. The summed E-state index contributed by atoms with van der Waals surface area (Å²) in [6.45, 7) is 9.17. The van der Waals surface area contributed by atoms with Gasteiger partial charge in [0.05, 0.1) is 17.6 Å². The molecular weight excluding hydrogens is 338 g/mol. The quantitative estimate of drug-likeness (QED) is 0.622. The smallest absolute Gasteiger partial charge is 0.246 e. The maximum Gasteiger partial charge on any atom is 0.246 e. The van der Waals surface area contributed by atoms with Crippen molar-refractivity contribution in [1.29, 1.82) is 0 Å². The van der Waals surface area contributed by atoms with Gasteiger partial charge in [0.2, 0.25) is 5.91 Å². The number of ether oxygens (including phenoxy) is 1. The minimum atomic E-state index is -0.124. The lowest BCUT2D eigenvalue weighted by Gasteiger charge is -2.12. The van der Waals surface area contributed by atoms with Gasteiger partial charge in [0.1, 0.15) is 18.2 Å². The number of fused-ring (bicyclic) bond motifs is 1. The second kappa shape index (κ2) is 8.54. The number of amides is 1. The fourth-order valence-electron chi connectivity index (χ4n) is 2.97. The molecule has 0 fully saturated rings. The molecule has 3 aromatic rings. The van der Waals surface area contributed by atoms with E-state index in [4.69, 9.17) is 9.72 Å². The molecule has 0 aliphatic rings. The second-order valence-corrected chi connectivity index (χ2v) is 6.57. The number of nitrogens with zero attached hydrogens (tertiary/aromatic N) is 2. The summed E-state index contributed by atoms with van der Waals surface area (Å²) in [7, 11) is 0. The van der Waals surface area contributed by atoms with Crippen molar-refractivity contribution in [3.8, 4) is 5.75 Å². The molecule has 0 aliphatic carbocycles. The molecule has 1 aromatic heterocycles. The molecule has 1 amide bonds. The molecule has 1 heterocycles. The first-order valence-electron chi connectivity index (χ1n) is 9.12. The molecule has 0 saturated heterocycles. The van der Waals surface area contributed by atoms with Crippen LogP contribution < -0.4 is 10.1 Å². The number of aryl methyl sites for hydroxylation is 1. The molecule has 0 atom stereocenters. The third-order valence-electron chi connectivity index (χ3n) is 4.42. The van der Waals surface area contributed by atoms with Gasteiger partial charge < -0.3 is 14.6 Å². The number of imidazole rings is 1. The van der Waals surface area contributed by atoms with E-state index < -0.39 is 0 Å². The summed E-state index contributed by atoms with van der Waals surface area (Å²) >= 11 is 0. The molecule has 1 N–H and O–H groups in total. The number of rotatable bonds is 8.